The molecule has 8 nitrogen and oxygen atoms in total. The highest BCUT2D eigenvalue weighted by atomic mass is 35.5. The summed E-state index contributed by atoms with van der Waals surface area (Å²) >= 11 is 7.28. The second kappa shape index (κ2) is 10.6. The Morgan fingerprint density at radius 1 is 1.03 bits per heavy atom. The minimum atomic E-state index is -0.539. The van der Waals surface area contributed by atoms with Gasteiger partial charge in [0.2, 0.25) is 5.91 Å². The van der Waals surface area contributed by atoms with Crippen molar-refractivity contribution < 1.29 is 14.0 Å². The number of thioether (sulfide) groups is 1. The van der Waals surface area contributed by atoms with Crippen LogP contribution in [0.25, 0.3) is 17.1 Å². The van der Waals surface area contributed by atoms with Crippen LogP contribution < -0.4 is 10.9 Å². The second-order valence-corrected chi connectivity index (χ2v) is 9.01. The highest BCUT2D eigenvalue weighted by Crippen LogP contribution is 2.32. The van der Waals surface area contributed by atoms with E-state index in [9.17, 15) is 9.59 Å². The Balaban J connectivity index is 1.58. The van der Waals surface area contributed by atoms with Crippen molar-refractivity contribution in [1.82, 2.24) is 25.6 Å². The first-order valence-electron chi connectivity index (χ1n) is 10.5. The van der Waals surface area contributed by atoms with E-state index in [-0.39, 0.29) is 17.4 Å². The average Bonchev–Trinajstić information content (AvgIpc) is 3.52. The molecule has 0 fully saturated rings. The fourth-order valence-electron chi connectivity index (χ4n) is 3.31. The zero-order valence-electron chi connectivity index (χ0n) is 18.5. The summed E-state index contributed by atoms with van der Waals surface area (Å²) in [4.78, 5) is 24.3. The number of benzene rings is 2. The van der Waals surface area contributed by atoms with Crippen LogP contribution in [-0.2, 0) is 4.79 Å². The van der Waals surface area contributed by atoms with Gasteiger partial charge in [0, 0.05) is 10.6 Å². The minimum absolute atomic E-state index is 0.0149. The number of carbonyl (C=O) groups excluding carboxylic acids is 2. The van der Waals surface area contributed by atoms with E-state index in [2.05, 4.69) is 41.0 Å². The number of hydrogen-bond acceptors (Lipinski definition) is 6. The van der Waals surface area contributed by atoms with E-state index < -0.39 is 11.8 Å². The topological polar surface area (TPSA) is 102 Å². The third-order valence-corrected chi connectivity index (χ3v) is 6.11. The summed E-state index contributed by atoms with van der Waals surface area (Å²) in [5, 5.41) is 9.95. The van der Waals surface area contributed by atoms with Gasteiger partial charge in [-0.25, -0.2) is 0 Å². The van der Waals surface area contributed by atoms with Crippen molar-refractivity contribution in [3.63, 3.8) is 0 Å². The molecule has 0 spiro atoms. The molecule has 0 saturated carbocycles. The monoisotopic (exact) mass is 495 g/mol. The highest BCUT2D eigenvalue weighted by Gasteiger charge is 2.20. The molecule has 4 aromatic rings. The van der Waals surface area contributed by atoms with Crippen LogP contribution in [0.3, 0.4) is 0 Å². The van der Waals surface area contributed by atoms with Crippen LogP contribution in [0.1, 0.15) is 35.9 Å². The van der Waals surface area contributed by atoms with Gasteiger partial charge >= 0.3 is 5.91 Å². The van der Waals surface area contributed by atoms with E-state index >= 15 is 0 Å². The lowest BCUT2D eigenvalue weighted by Crippen LogP contribution is -2.42. The van der Waals surface area contributed by atoms with Crippen LogP contribution >= 0.6 is 23.4 Å². The van der Waals surface area contributed by atoms with Crippen LogP contribution in [0.2, 0.25) is 5.02 Å². The molecular weight excluding hydrogens is 474 g/mol. The summed E-state index contributed by atoms with van der Waals surface area (Å²) in [6.45, 7) is 4.24. The number of hydrogen-bond donors (Lipinski definition) is 2. The Hall–Kier alpha value is -3.56. The lowest BCUT2D eigenvalue weighted by molar-refractivity contribution is -0.119. The smallest absolute Gasteiger partial charge is 0.305 e. The van der Waals surface area contributed by atoms with E-state index in [4.69, 9.17) is 16.0 Å². The molecule has 4 rings (SSSR count). The Morgan fingerprint density at radius 2 is 1.79 bits per heavy atom. The van der Waals surface area contributed by atoms with Gasteiger partial charge in [0.05, 0.1) is 17.7 Å². The molecule has 0 bridgehead atoms. The number of aromatic nitrogens is 3. The van der Waals surface area contributed by atoms with Gasteiger partial charge in [0.1, 0.15) is 0 Å². The number of rotatable bonds is 7. The van der Waals surface area contributed by atoms with Crippen LogP contribution in [0.5, 0.6) is 0 Å². The molecule has 0 atom stereocenters. The number of halogens is 1. The van der Waals surface area contributed by atoms with Crippen molar-refractivity contribution in [2.45, 2.75) is 24.9 Å². The highest BCUT2D eigenvalue weighted by molar-refractivity contribution is 7.99. The third kappa shape index (κ3) is 5.32. The summed E-state index contributed by atoms with van der Waals surface area (Å²) in [6, 6.07) is 18.5. The summed E-state index contributed by atoms with van der Waals surface area (Å²) in [7, 11) is 0. The van der Waals surface area contributed by atoms with Crippen molar-refractivity contribution in [1.29, 1.82) is 0 Å². The predicted molar refractivity (Wildman–Crippen MR) is 131 cm³/mol. The summed E-state index contributed by atoms with van der Waals surface area (Å²) < 4.78 is 6.95. The Bertz CT molecular complexity index is 1290. The number of nitrogens with zero attached hydrogens (tertiary/aromatic N) is 3. The maximum Gasteiger partial charge on any atom is 0.305 e. The quantitative estimate of drug-likeness (QED) is 0.280. The normalized spacial score (nSPS) is 10.9. The third-order valence-electron chi connectivity index (χ3n) is 4.93. The maximum absolute atomic E-state index is 12.4. The van der Waals surface area contributed by atoms with Crippen LogP contribution in [0, 0.1) is 0 Å². The van der Waals surface area contributed by atoms with Gasteiger partial charge in [-0.3, -0.25) is 25.0 Å². The van der Waals surface area contributed by atoms with Crippen molar-refractivity contribution in [3.8, 4) is 17.1 Å². The van der Waals surface area contributed by atoms with E-state index in [1.165, 1.54) is 24.1 Å². The van der Waals surface area contributed by atoms with Gasteiger partial charge in [0.15, 0.2) is 16.7 Å². The molecule has 0 saturated heterocycles. The molecule has 174 valence electrons. The number of carbonyl (C=O) groups is 2. The molecule has 0 aliphatic carbocycles. The first-order valence-corrected chi connectivity index (χ1v) is 11.9. The lowest BCUT2D eigenvalue weighted by atomic mass is 10.0. The van der Waals surface area contributed by atoms with E-state index in [0.29, 0.717) is 16.0 Å². The zero-order chi connectivity index (χ0) is 24.1. The molecule has 34 heavy (non-hydrogen) atoms. The summed E-state index contributed by atoms with van der Waals surface area (Å²) in [5.41, 5.74) is 7.61. The summed E-state index contributed by atoms with van der Waals surface area (Å²) in [5.74, 6) is 0.0761. The average molecular weight is 496 g/mol. The molecule has 2 aromatic heterocycles. The van der Waals surface area contributed by atoms with Gasteiger partial charge in [-0.1, -0.05) is 55.4 Å². The summed E-state index contributed by atoms with van der Waals surface area (Å²) in [6.07, 6.45) is 1.38. The molecule has 0 unspecified atom stereocenters. The predicted octanol–water partition coefficient (Wildman–Crippen LogP) is 4.86. The molecule has 2 heterocycles. The van der Waals surface area contributed by atoms with Crippen LogP contribution in [-0.4, -0.2) is 32.3 Å². The minimum Gasteiger partial charge on any atom is -0.459 e. The Labute approximate surface area is 205 Å². The molecule has 0 radical (unpaired) electrons. The van der Waals surface area contributed by atoms with Crippen molar-refractivity contribution >= 4 is 35.2 Å². The Kier molecular flexibility index (Phi) is 7.34. The van der Waals surface area contributed by atoms with Gasteiger partial charge in [-0.2, -0.15) is 0 Å². The number of para-hydroxylation sites is 1. The lowest BCUT2D eigenvalue weighted by Gasteiger charge is -2.17. The van der Waals surface area contributed by atoms with E-state index in [1.807, 2.05) is 34.9 Å². The maximum atomic E-state index is 12.4. The molecule has 2 N–H and O–H groups in total. The number of furan rings is 1. The number of nitrogens with one attached hydrogen (secondary N) is 2. The molecule has 0 aliphatic rings. The number of amides is 2. The molecule has 2 amide bonds. The van der Waals surface area contributed by atoms with Crippen molar-refractivity contribution in [3.05, 3.63) is 83.3 Å². The standard InChI is InChI=1S/C24H22ClN5O3S/c1-15(2)18-6-3-4-7-19(18)30-22(16-9-11-17(25)12-10-16)27-29-24(30)34-14-21(31)26-28-23(32)20-8-5-13-33-20/h3-13,15H,14H2,1-2H3,(H,26,31)(H,28,32). The van der Waals surface area contributed by atoms with Gasteiger partial charge in [0.25, 0.3) is 0 Å². The van der Waals surface area contributed by atoms with E-state index in [0.717, 1.165) is 16.8 Å². The second-order valence-electron chi connectivity index (χ2n) is 7.63. The fraction of sp³-hybridized carbons (Fsp3) is 0.167. The van der Waals surface area contributed by atoms with Crippen molar-refractivity contribution in [2.24, 2.45) is 0 Å². The Morgan fingerprint density at radius 3 is 2.50 bits per heavy atom. The van der Waals surface area contributed by atoms with Crippen LogP contribution in [0.4, 0.5) is 0 Å². The first kappa shape index (κ1) is 23.6. The molecular formula is C24H22ClN5O3S. The van der Waals surface area contributed by atoms with Crippen molar-refractivity contribution in [2.75, 3.05) is 5.75 Å². The fourth-order valence-corrected chi connectivity index (χ4v) is 4.18. The zero-order valence-corrected chi connectivity index (χ0v) is 20.1. The number of hydrazine groups is 1. The van der Waals surface area contributed by atoms with E-state index in [1.54, 1.807) is 18.2 Å². The largest absolute Gasteiger partial charge is 0.459 e. The molecule has 0 aliphatic heterocycles. The van der Waals surface area contributed by atoms with Gasteiger partial charge < -0.3 is 4.42 Å². The molecule has 10 heteroatoms. The SMILES string of the molecule is CC(C)c1ccccc1-n1c(SCC(=O)NNC(=O)c2ccco2)nnc1-c1ccc(Cl)cc1. The van der Waals surface area contributed by atoms with Crippen LogP contribution in [0.15, 0.2) is 76.5 Å². The first-order chi connectivity index (χ1) is 16.4. The molecule has 2 aromatic carbocycles. The van der Waals surface area contributed by atoms with Gasteiger partial charge in [-0.05, 0) is 53.9 Å². The van der Waals surface area contributed by atoms with Gasteiger partial charge in [-0.15, -0.1) is 10.2 Å².